The van der Waals surface area contributed by atoms with Gasteiger partial charge in [0.25, 0.3) is 5.91 Å². The van der Waals surface area contributed by atoms with E-state index in [4.69, 9.17) is 5.73 Å². The first-order chi connectivity index (χ1) is 17.9. The van der Waals surface area contributed by atoms with Crippen LogP contribution in [0.25, 0.3) is 5.76 Å². The Kier molecular flexibility index (Phi) is 5.71. The molecular formula is C27H27N3O8. The van der Waals surface area contributed by atoms with Crippen molar-refractivity contribution in [2.45, 2.75) is 31.4 Å². The van der Waals surface area contributed by atoms with Gasteiger partial charge < -0.3 is 35.6 Å². The predicted molar refractivity (Wildman–Crippen MR) is 135 cm³/mol. The number of fused-ring (bicyclic) bond motifs is 3. The zero-order chi connectivity index (χ0) is 27.7. The number of Topliss-reactive ketones (excluding diaryl/α,β-unsaturated/α-hetero) is 2. The van der Waals surface area contributed by atoms with E-state index in [1.165, 1.54) is 0 Å². The molecule has 1 aromatic heterocycles. The summed E-state index contributed by atoms with van der Waals surface area (Å²) in [4.78, 5) is 50.9. The third kappa shape index (κ3) is 3.46. The van der Waals surface area contributed by atoms with Gasteiger partial charge in [0.15, 0.2) is 17.7 Å². The van der Waals surface area contributed by atoms with Crippen molar-refractivity contribution in [1.82, 2.24) is 4.57 Å². The molecule has 11 nitrogen and oxygen atoms in total. The first-order valence-electron chi connectivity index (χ1n) is 12.0. The molecule has 3 aliphatic carbocycles. The van der Waals surface area contributed by atoms with Gasteiger partial charge in [-0.1, -0.05) is 0 Å². The smallest absolute Gasteiger partial charge is 0.255 e. The second kappa shape index (κ2) is 8.59. The fourth-order valence-corrected chi connectivity index (χ4v) is 6.07. The van der Waals surface area contributed by atoms with Crippen LogP contribution in [0.4, 0.5) is 5.69 Å². The molecule has 2 aromatic rings. The van der Waals surface area contributed by atoms with Gasteiger partial charge >= 0.3 is 0 Å². The normalized spacial score (nSPS) is 24.6. The van der Waals surface area contributed by atoms with E-state index in [0.717, 1.165) is 0 Å². The van der Waals surface area contributed by atoms with Gasteiger partial charge in [-0.3, -0.25) is 19.2 Å². The highest BCUT2D eigenvalue weighted by molar-refractivity contribution is 6.22. The van der Waals surface area contributed by atoms with Crippen LogP contribution in [0.3, 0.4) is 0 Å². The number of aldehydes is 1. The molecule has 198 valence electrons. The number of amides is 1. The average Bonchev–Trinajstić information content (AvgIpc) is 3.30. The third-order valence-electron chi connectivity index (χ3n) is 7.86. The molecule has 0 radical (unpaired) electrons. The number of ketones is 2. The Morgan fingerprint density at radius 2 is 1.95 bits per heavy atom. The van der Waals surface area contributed by atoms with Crippen molar-refractivity contribution in [1.29, 1.82) is 0 Å². The van der Waals surface area contributed by atoms with E-state index in [9.17, 15) is 39.6 Å². The van der Waals surface area contributed by atoms with Gasteiger partial charge in [-0.25, -0.2) is 0 Å². The quantitative estimate of drug-likeness (QED) is 0.284. The second-order valence-electron chi connectivity index (χ2n) is 10.3. The van der Waals surface area contributed by atoms with Crippen LogP contribution < -0.4 is 10.6 Å². The van der Waals surface area contributed by atoms with Crippen LogP contribution in [0, 0.1) is 11.8 Å². The summed E-state index contributed by atoms with van der Waals surface area (Å²) in [6, 6.07) is 3.39. The van der Waals surface area contributed by atoms with Crippen molar-refractivity contribution >= 4 is 35.2 Å². The predicted octanol–water partition coefficient (Wildman–Crippen LogP) is 1.15. The molecule has 1 fully saturated rings. The lowest BCUT2D eigenvalue weighted by atomic mass is 9.59. The van der Waals surface area contributed by atoms with E-state index < -0.39 is 52.0 Å². The topological polar surface area (TPSA) is 183 Å². The first-order valence-corrected chi connectivity index (χ1v) is 12.0. The number of aliphatic hydroxyl groups is 3. The van der Waals surface area contributed by atoms with Gasteiger partial charge in [0, 0.05) is 61.2 Å². The van der Waals surface area contributed by atoms with E-state index >= 15 is 0 Å². The Balaban J connectivity index is 1.68. The van der Waals surface area contributed by atoms with E-state index in [-0.39, 0.29) is 42.7 Å². The summed E-state index contributed by atoms with van der Waals surface area (Å²) in [5.41, 5.74) is 3.77. The molecule has 1 aromatic carbocycles. The molecule has 0 spiro atoms. The first kappa shape index (κ1) is 25.3. The number of hydrogen-bond acceptors (Lipinski definition) is 9. The number of carbonyl (C=O) groups is 4. The maximum Gasteiger partial charge on any atom is 0.255 e. The van der Waals surface area contributed by atoms with Crippen LogP contribution >= 0.6 is 0 Å². The van der Waals surface area contributed by atoms with E-state index in [2.05, 4.69) is 0 Å². The Labute approximate surface area is 217 Å². The Hall–Kier alpha value is -4.38. The Bertz CT molecular complexity index is 1500. The number of aromatic hydroxyl groups is 1. The van der Waals surface area contributed by atoms with Gasteiger partial charge in [-0.2, -0.15) is 0 Å². The number of rotatable bonds is 5. The highest BCUT2D eigenvalue weighted by Gasteiger charge is 2.60. The molecule has 3 aliphatic rings. The maximum absolute atomic E-state index is 13.7. The summed E-state index contributed by atoms with van der Waals surface area (Å²) in [7, 11) is 3.59. The van der Waals surface area contributed by atoms with Gasteiger partial charge in [0.05, 0.1) is 12.1 Å². The molecule has 5 rings (SSSR count). The highest BCUT2D eigenvalue weighted by atomic mass is 16.3. The molecule has 6 N–H and O–H groups in total. The van der Waals surface area contributed by atoms with E-state index in [0.29, 0.717) is 28.7 Å². The zero-order valence-corrected chi connectivity index (χ0v) is 20.8. The van der Waals surface area contributed by atoms with Crippen molar-refractivity contribution in [3.05, 3.63) is 63.7 Å². The SMILES string of the molecule is CN(C)c1cc(Cn2ccc(C=O)c2)c(O)c2c1CC1C[C@H]3CC(=O)C(C(N)=O)=C(O)[C@@]3(O)C(=O)C1=C2O. The van der Waals surface area contributed by atoms with Crippen LogP contribution in [0.1, 0.15) is 39.9 Å². The van der Waals surface area contributed by atoms with Crippen molar-refractivity contribution in [2.24, 2.45) is 17.6 Å². The van der Waals surface area contributed by atoms with Crippen LogP contribution in [0.15, 0.2) is 41.4 Å². The fourth-order valence-electron chi connectivity index (χ4n) is 6.07. The average molecular weight is 522 g/mol. The number of aliphatic hydroxyl groups excluding tert-OH is 2. The number of nitrogens with two attached hydrogens (primary N) is 1. The number of benzene rings is 1. The summed E-state index contributed by atoms with van der Waals surface area (Å²) in [5.74, 6) is -6.61. The molecule has 0 bridgehead atoms. The van der Waals surface area contributed by atoms with Crippen LogP contribution in [-0.2, 0) is 27.3 Å². The minimum Gasteiger partial charge on any atom is -0.508 e. The minimum absolute atomic E-state index is 0.0288. The molecule has 3 atom stereocenters. The Morgan fingerprint density at radius 3 is 2.55 bits per heavy atom. The number of anilines is 1. The number of phenolic OH excluding ortho intramolecular Hbond substituents is 1. The van der Waals surface area contributed by atoms with E-state index in [1.54, 1.807) is 43.2 Å². The number of carbonyl (C=O) groups excluding carboxylic acids is 4. The van der Waals surface area contributed by atoms with Gasteiger partial charge in [0.2, 0.25) is 5.78 Å². The monoisotopic (exact) mass is 521 g/mol. The second-order valence-corrected chi connectivity index (χ2v) is 10.3. The third-order valence-corrected chi connectivity index (χ3v) is 7.86. The molecule has 1 saturated carbocycles. The summed E-state index contributed by atoms with van der Waals surface area (Å²) < 4.78 is 1.69. The number of aromatic nitrogens is 1. The standard InChI is InChI=1S/C27H27N3O8/c1-29(2)17-7-14(10-30-4-3-12(9-30)11-31)22(33)20-16(17)6-13-5-15-8-18(32)21(26(28)37)25(36)27(15,38)24(35)19(13)23(20)34/h3-4,7,9,11,13,15,33-34,36,38H,5-6,8,10H2,1-2H3,(H2,28,37)/t13?,15-,27-/m0/s1. The van der Waals surface area contributed by atoms with Crippen LogP contribution in [-0.4, -0.2) is 68.4 Å². The van der Waals surface area contributed by atoms with Crippen LogP contribution in [0.5, 0.6) is 5.75 Å². The molecule has 1 amide bonds. The molecule has 11 heteroatoms. The molecule has 1 heterocycles. The van der Waals surface area contributed by atoms with Gasteiger partial charge in [-0.15, -0.1) is 0 Å². The number of primary amides is 1. The summed E-state index contributed by atoms with van der Waals surface area (Å²) in [5, 5.41) is 44.8. The van der Waals surface area contributed by atoms with Gasteiger partial charge in [0.1, 0.15) is 22.8 Å². The summed E-state index contributed by atoms with van der Waals surface area (Å²) >= 11 is 0. The maximum atomic E-state index is 13.7. The van der Waals surface area contributed by atoms with E-state index in [1.807, 2.05) is 4.90 Å². The lowest BCUT2D eigenvalue weighted by Crippen LogP contribution is -2.58. The minimum atomic E-state index is -2.61. The number of phenols is 1. The van der Waals surface area contributed by atoms with Crippen molar-refractivity contribution in [2.75, 3.05) is 19.0 Å². The Morgan fingerprint density at radius 1 is 1.24 bits per heavy atom. The largest absolute Gasteiger partial charge is 0.508 e. The molecule has 0 saturated heterocycles. The molecule has 38 heavy (non-hydrogen) atoms. The molecule has 1 unspecified atom stereocenters. The van der Waals surface area contributed by atoms with Crippen molar-refractivity contribution < 1.29 is 39.6 Å². The van der Waals surface area contributed by atoms with Crippen molar-refractivity contribution in [3.63, 3.8) is 0 Å². The number of nitrogens with zero attached hydrogens (tertiary/aromatic N) is 2. The molecule has 0 aliphatic heterocycles. The summed E-state index contributed by atoms with van der Waals surface area (Å²) in [6.07, 6.45) is 3.88. The van der Waals surface area contributed by atoms with Crippen LogP contribution in [0.2, 0.25) is 0 Å². The molecular weight excluding hydrogens is 494 g/mol. The fraction of sp³-hybridized carbons (Fsp3) is 0.333. The lowest BCUT2D eigenvalue weighted by molar-refractivity contribution is -0.147. The lowest BCUT2D eigenvalue weighted by Gasteiger charge is -2.46. The number of hydrogen-bond donors (Lipinski definition) is 5. The van der Waals surface area contributed by atoms with Crippen molar-refractivity contribution in [3.8, 4) is 5.75 Å². The summed E-state index contributed by atoms with van der Waals surface area (Å²) in [6.45, 7) is 0.160. The zero-order valence-electron chi connectivity index (χ0n) is 20.8. The highest BCUT2D eigenvalue weighted by Crippen LogP contribution is 2.53. The van der Waals surface area contributed by atoms with Gasteiger partial charge in [-0.05, 0) is 36.5 Å².